The predicted octanol–water partition coefficient (Wildman–Crippen LogP) is 4.25. The van der Waals surface area contributed by atoms with Gasteiger partial charge in [-0.25, -0.2) is 13.8 Å². The van der Waals surface area contributed by atoms with E-state index < -0.39 is 11.6 Å². The van der Waals surface area contributed by atoms with Crippen molar-refractivity contribution in [2.45, 2.75) is 38.8 Å². The zero-order valence-electron chi connectivity index (χ0n) is 23.2. The largest absolute Gasteiger partial charge is 0.378 e. The molecule has 3 saturated heterocycles. The lowest BCUT2D eigenvalue weighted by molar-refractivity contribution is 0.0595. The van der Waals surface area contributed by atoms with Gasteiger partial charge in [-0.05, 0) is 51.0 Å². The van der Waals surface area contributed by atoms with E-state index in [1.807, 2.05) is 21.9 Å². The second-order valence-electron chi connectivity index (χ2n) is 11.2. The average molecular weight is 551 g/mol. The van der Waals surface area contributed by atoms with E-state index in [0.717, 1.165) is 62.0 Å². The van der Waals surface area contributed by atoms with Gasteiger partial charge >= 0.3 is 0 Å². The topological polar surface area (TPSA) is 65.0 Å². The first-order valence-corrected chi connectivity index (χ1v) is 14.3. The lowest BCUT2D eigenvalue weighted by Crippen LogP contribution is -2.50. The highest BCUT2D eigenvalue weighted by Crippen LogP contribution is 2.40. The molecule has 0 aliphatic carbocycles. The number of anilines is 2. The van der Waals surface area contributed by atoms with Gasteiger partial charge in [-0.3, -0.25) is 14.7 Å². The number of benzene rings is 2. The molecule has 1 aromatic heterocycles. The van der Waals surface area contributed by atoms with Gasteiger partial charge in [-0.1, -0.05) is 0 Å². The molecule has 3 aliphatic rings. The Labute approximate surface area is 233 Å². The Morgan fingerprint density at radius 3 is 2.38 bits per heavy atom. The Hall–Kier alpha value is -3.37. The van der Waals surface area contributed by atoms with E-state index in [9.17, 15) is 13.6 Å². The molecular weight excluding hydrogens is 514 g/mol. The van der Waals surface area contributed by atoms with Crippen LogP contribution in [0.1, 0.15) is 48.7 Å². The molecule has 6 rings (SSSR count). The summed E-state index contributed by atoms with van der Waals surface area (Å²) in [6, 6.07) is 7.67. The SMILES string of the molecule is CC(C)N1CCN(C(=O)c2cc(C3CCCN3c3cc(F)cc(F)c3)c3nc(N4CCOCC4)cnc3c2)CC1. The molecule has 3 fully saturated rings. The van der Waals surface area contributed by atoms with Gasteiger partial charge in [0.25, 0.3) is 5.91 Å². The molecular formula is C30H36F2N6O2. The summed E-state index contributed by atoms with van der Waals surface area (Å²) < 4.78 is 33.9. The number of hydrogen-bond acceptors (Lipinski definition) is 7. The van der Waals surface area contributed by atoms with Crippen LogP contribution in [0.15, 0.2) is 36.5 Å². The molecule has 4 heterocycles. The van der Waals surface area contributed by atoms with E-state index in [4.69, 9.17) is 14.7 Å². The molecule has 1 atom stereocenters. The number of morpholine rings is 1. The normalized spacial score (nSPS) is 20.6. The second-order valence-corrected chi connectivity index (χ2v) is 11.2. The molecule has 1 amide bonds. The Morgan fingerprint density at radius 1 is 0.950 bits per heavy atom. The molecule has 212 valence electrons. The third kappa shape index (κ3) is 5.34. The van der Waals surface area contributed by atoms with Crippen molar-refractivity contribution in [3.05, 3.63) is 59.3 Å². The van der Waals surface area contributed by atoms with Crippen LogP contribution in [0.4, 0.5) is 20.3 Å². The maximum absolute atomic E-state index is 14.2. The van der Waals surface area contributed by atoms with E-state index >= 15 is 0 Å². The summed E-state index contributed by atoms with van der Waals surface area (Å²) >= 11 is 0. The van der Waals surface area contributed by atoms with Crippen LogP contribution in [0.25, 0.3) is 11.0 Å². The quantitative estimate of drug-likeness (QED) is 0.471. The van der Waals surface area contributed by atoms with Crippen molar-refractivity contribution in [1.82, 2.24) is 19.8 Å². The Kier molecular flexibility index (Phi) is 7.55. The number of carbonyl (C=O) groups is 1. The average Bonchev–Trinajstić information content (AvgIpc) is 3.46. The van der Waals surface area contributed by atoms with E-state index in [1.54, 1.807) is 6.20 Å². The summed E-state index contributed by atoms with van der Waals surface area (Å²) in [6.07, 6.45) is 3.40. The van der Waals surface area contributed by atoms with Crippen molar-refractivity contribution in [2.24, 2.45) is 0 Å². The summed E-state index contributed by atoms with van der Waals surface area (Å²) in [4.78, 5) is 32.1. The Balaban J connectivity index is 1.40. The number of amides is 1. The highest BCUT2D eigenvalue weighted by molar-refractivity contribution is 5.98. The van der Waals surface area contributed by atoms with Gasteiger partial charge in [-0.15, -0.1) is 0 Å². The van der Waals surface area contributed by atoms with Crippen molar-refractivity contribution in [3.63, 3.8) is 0 Å². The second kappa shape index (κ2) is 11.2. The molecule has 2 aromatic carbocycles. The van der Waals surface area contributed by atoms with Crippen LogP contribution in [0.5, 0.6) is 0 Å². The molecule has 40 heavy (non-hydrogen) atoms. The lowest BCUT2D eigenvalue weighted by atomic mass is 9.98. The fraction of sp³-hybridized carbons (Fsp3) is 0.500. The first-order valence-electron chi connectivity index (χ1n) is 14.3. The number of fused-ring (bicyclic) bond motifs is 1. The highest BCUT2D eigenvalue weighted by Gasteiger charge is 2.31. The first-order chi connectivity index (χ1) is 19.4. The molecule has 3 aliphatic heterocycles. The van der Waals surface area contributed by atoms with Crippen LogP contribution in [0.2, 0.25) is 0 Å². The highest BCUT2D eigenvalue weighted by atomic mass is 19.1. The molecule has 0 saturated carbocycles. The van der Waals surface area contributed by atoms with Gasteiger partial charge in [0.2, 0.25) is 0 Å². The molecule has 0 N–H and O–H groups in total. The maximum atomic E-state index is 14.2. The zero-order valence-corrected chi connectivity index (χ0v) is 23.2. The number of ether oxygens (including phenoxy) is 1. The zero-order chi connectivity index (χ0) is 27.8. The van der Waals surface area contributed by atoms with Crippen LogP contribution in [0.3, 0.4) is 0 Å². The fourth-order valence-corrected chi connectivity index (χ4v) is 6.18. The first kappa shape index (κ1) is 26.8. The Morgan fingerprint density at radius 2 is 1.68 bits per heavy atom. The molecule has 8 nitrogen and oxygen atoms in total. The van der Waals surface area contributed by atoms with Crippen molar-refractivity contribution in [3.8, 4) is 0 Å². The van der Waals surface area contributed by atoms with Crippen LogP contribution in [0, 0.1) is 11.6 Å². The van der Waals surface area contributed by atoms with E-state index in [-0.39, 0.29) is 11.9 Å². The summed E-state index contributed by atoms with van der Waals surface area (Å²) in [5.74, 6) is -0.469. The third-order valence-electron chi connectivity index (χ3n) is 8.37. The van der Waals surface area contributed by atoms with Gasteiger partial charge in [0.1, 0.15) is 17.5 Å². The lowest BCUT2D eigenvalue weighted by Gasteiger charge is -2.37. The predicted molar refractivity (Wildman–Crippen MR) is 151 cm³/mol. The molecule has 0 spiro atoms. The smallest absolute Gasteiger partial charge is 0.254 e. The summed E-state index contributed by atoms with van der Waals surface area (Å²) in [7, 11) is 0. The van der Waals surface area contributed by atoms with Crippen molar-refractivity contribution < 1.29 is 18.3 Å². The minimum absolute atomic E-state index is 0.0213. The summed E-state index contributed by atoms with van der Waals surface area (Å²) in [5, 5.41) is 0. The number of nitrogens with zero attached hydrogens (tertiary/aromatic N) is 6. The van der Waals surface area contributed by atoms with E-state index in [1.165, 1.54) is 12.1 Å². The summed E-state index contributed by atoms with van der Waals surface area (Å²) in [5.41, 5.74) is 3.31. The number of aromatic nitrogens is 2. The molecule has 10 heteroatoms. The monoisotopic (exact) mass is 550 g/mol. The van der Waals surface area contributed by atoms with Gasteiger partial charge in [0, 0.05) is 74.7 Å². The van der Waals surface area contributed by atoms with Gasteiger partial charge in [-0.2, -0.15) is 0 Å². The van der Waals surface area contributed by atoms with E-state index in [2.05, 4.69) is 23.6 Å². The summed E-state index contributed by atoms with van der Waals surface area (Å²) in [6.45, 7) is 10.7. The number of halogens is 2. The molecule has 3 aromatic rings. The van der Waals surface area contributed by atoms with Gasteiger partial charge in [0.05, 0.1) is 36.5 Å². The van der Waals surface area contributed by atoms with Crippen LogP contribution in [-0.2, 0) is 4.74 Å². The number of carbonyl (C=O) groups excluding carboxylic acids is 1. The third-order valence-corrected chi connectivity index (χ3v) is 8.37. The minimum atomic E-state index is -0.607. The van der Waals surface area contributed by atoms with Crippen LogP contribution >= 0.6 is 0 Å². The molecule has 0 bridgehead atoms. The standard InChI is InChI=1S/C30H36F2N6O2/c1-20(2)35-6-8-37(9-7-35)30(39)21-14-25(27-4-3-5-38(27)24-17-22(31)16-23(32)18-24)29-26(15-21)33-19-28(34-29)36-10-12-40-13-11-36/h14-20,27H,3-13H2,1-2H3. The molecule has 0 radical (unpaired) electrons. The number of hydrogen-bond donors (Lipinski definition) is 0. The van der Waals surface area contributed by atoms with E-state index in [0.29, 0.717) is 55.7 Å². The molecule has 1 unspecified atom stereocenters. The van der Waals surface area contributed by atoms with Gasteiger partial charge < -0.3 is 19.4 Å². The van der Waals surface area contributed by atoms with Crippen LogP contribution < -0.4 is 9.80 Å². The fourth-order valence-electron chi connectivity index (χ4n) is 6.18. The number of rotatable bonds is 5. The van der Waals surface area contributed by atoms with Crippen LogP contribution in [-0.4, -0.2) is 90.7 Å². The number of piperazine rings is 1. The van der Waals surface area contributed by atoms with Gasteiger partial charge in [0.15, 0.2) is 0 Å². The Bertz CT molecular complexity index is 1370. The van der Waals surface area contributed by atoms with Crippen molar-refractivity contribution in [1.29, 1.82) is 0 Å². The minimum Gasteiger partial charge on any atom is -0.378 e. The van der Waals surface area contributed by atoms with Crippen molar-refractivity contribution in [2.75, 3.05) is 68.8 Å². The van der Waals surface area contributed by atoms with Crippen molar-refractivity contribution >= 4 is 28.4 Å². The maximum Gasteiger partial charge on any atom is 0.254 e.